The molecule has 0 amide bonds. The van der Waals surface area contributed by atoms with E-state index >= 15 is 0 Å². The number of likely N-dealkylation sites (tertiary alicyclic amines) is 1. The normalized spacial score (nSPS) is 19.9. The second kappa shape index (κ2) is 9.43. The van der Waals surface area contributed by atoms with E-state index in [-0.39, 0.29) is 5.92 Å². The number of piperidine rings is 1. The second-order valence-electron chi connectivity index (χ2n) is 8.24. The van der Waals surface area contributed by atoms with Crippen molar-refractivity contribution >= 4 is 0 Å². The number of pyridine rings is 1. The zero-order valence-electron chi connectivity index (χ0n) is 17.7. The highest BCUT2D eigenvalue weighted by atomic mass is 16.5. The molecule has 0 spiro atoms. The zero-order chi connectivity index (χ0) is 20.1. The fourth-order valence-electron chi connectivity index (χ4n) is 4.44. The van der Waals surface area contributed by atoms with E-state index in [9.17, 15) is 0 Å². The highest BCUT2D eigenvalue weighted by Crippen LogP contribution is 2.32. The van der Waals surface area contributed by atoms with Crippen molar-refractivity contribution in [3.8, 4) is 17.6 Å². The summed E-state index contributed by atoms with van der Waals surface area (Å²) in [6.45, 7) is 5.47. The van der Waals surface area contributed by atoms with Gasteiger partial charge in [0.15, 0.2) is 0 Å². The molecule has 152 valence electrons. The maximum atomic E-state index is 5.30. The van der Waals surface area contributed by atoms with Gasteiger partial charge < -0.3 is 14.5 Å². The third-order valence-corrected chi connectivity index (χ3v) is 6.02. The summed E-state index contributed by atoms with van der Waals surface area (Å²) < 4.78 is 5.30. The topological polar surface area (TPSA) is 28.6 Å². The molecule has 29 heavy (non-hydrogen) atoms. The molecule has 2 aromatic rings. The number of nitrogens with zero attached hydrogens (tertiary/aromatic N) is 3. The van der Waals surface area contributed by atoms with Gasteiger partial charge >= 0.3 is 0 Å². The molecule has 4 heteroatoms. The first-order chi connectivity index (χ1) is 14.2. The summed E-state index contributed by atoms with van der Waals surface area (Å²) in [6, 6.07) is 10.6. The Morgan fingerprint density at radius 1 is 1.14 bits per heavy atom. The van der Waals surface area contributed by atoms with Crippen LogP contribution < -0.4 is 4.74 Å². The predicted octanol–water partition coefficient (Wildman–Crippen LogP) is 3.90. The van der Waals surface area contributed by atoms with E-state index < -0.39 is 0 Å². The predicted molar refractivity (Wildman–Crippen MR) is 117 cm³/mol. The molecule has 0 saturated carbocycles. The van der Waals surface area contributed by atoms with Gasteiger partial charge in [0.1, 0.15) is 5.75 Å². The standard InChI is InChI=1S/C25H31N3O/c1-27-18-22-16-20(8-4-7-15-28-13-5-3-6-14-28)17-26-25(22)24(19-27)21-9-11-23(29-2)12-10-21/h9-12,16-17,24H,3,5-7,13-15,18-19H2,1-2H3. The van der Waals surface area contributed by atoms with E-state index in [1.807, 2.05) is 18.3 Å². The van der Waals surface area contributed by atoms with Crippen LogP contribution in [-0.2, 0) is 6.54 Å². The Morgan fingerprint density at radius 2 is 1.93 bits per heavy atom. The first-order valence-electron chi connectivity index (χ1n) is 10.8. The van der Waals surface area contributed by atoms with Gasteiger partial charge in [0.2, 0.25) is 0 Å². The smallest absolute Gasteiger partial charge is 0.118 e. The number of likely N-dealkylation sites (N-methyl/N-ethyl adjacent to an activating group) is 1. The number of fused-ring (bicyclic) bond motifs is 1. The molecule has 2 aliphatic heterocycles. The molecule has 4 rings (SSSR count). The summed E-state index contributed by atoms with van der Waals surface area (Å²) in [5.74, 6) is 7.89. The summed E-state index contributed by atoms with van der Waals surface area (Å²) in [4.78, 5) is 9.76. The average molecular weight is 390 g/mol. The van der Waals surface area contributed by atoms with Crippen LogP contribution in [0, 0.1) is 11.8 Å². The molecule has 1 atom stereocenters. The van der Waals surface area contributed by atoms with Crippen LogP contribution in [0.3, 0.4) is 0 Å². The Labute approximate surface area is 174 Å². The summed E-state index contributed by atoms with van der Waals surface area (Å²) in [6.07, 6.45) is 6.95. The third-order valence-electron chi connectivity index (χ3n) is 6.02. The number of ether oxygens (including phenoxy) is 1. The van der Waals surface area contributed by atoms with Crippen molar-refractivity contribution in [1.82, 2.24) is 14.8 Å². The molecule has 1 aromatic heterocycles. The van der Waals surface area contributed by atoms with Gasteiger partial charge in [0, 0.05) is 43.7 Å². The summed E-state index contributed by atoms with van der Waals surface area (Å²) in [5, 5.41) is 0. The van der Waals surface area contributed by atoms with E-state index in [0.29, 0.717) is 0 Å². The lowest BCUT2D eigenvalue weighted by molar-refractivity contribution is 0.234. The Kier molecular flexibility index (Phi) is 6.49. The van der Waals surface area contributed by atoms with Crippen LogP contribution in [0.15, 0.2) is 36.5 Å². The molecule has 0 bridgehead atoms. The Bertz CT molecular complexity index is 875. The fraction of sp³-hybridized carbons (Fsp3) is 0.480. The van der Waals surface area contributed by atoms with Gasteiger partial charge in [-0.05, 0) is 62.3 Å². The summed E-state index contributed by atoms with van der Waals surface area (Å²) >= 11 is 0. The molecular weight excluding hydrogens is 358 g/mol. The lowest BCUT2D eigenvalue weighted by atomic mass is 9.88. The van der Waals surface area contributed by atoms with Crippen LogP contribution in [0.25, 0.3) is 0 Å². The van der Waals surface area contributed by atoms with Crippen LogP contribution in [-0.4, -0.2) is 55.1 Å². The SMILES string of the molecule is COc1ccc(C2CN(C)Cc3cc(C#CCCN4CCCCC4)cnc32)cc1. The molecule has 1 saturated heterocycles. The van der Waals surface area contributed by atoms with Gasteiger partial charge in [-0.15, -0.1) is 0 Å². The first-order valence-corrected chi connectivity index (χ1v) is 10.8. The van der Waals surface area contributed by atoms with Gasteiger partial charge in [-0.2, -0.15) is 0 Å². The molecule has 1 unspecified atom stereocenters. The van der Waals surface area contributed by atoms with Crippen LogP contribution in [0.2, 0.25) is 0 Å². The van der Waals surface area contributed by atoms with Gasteiger partial charge in [-0.25, -0.2) is 0 Å². The minimum Gasteiger partial charge on any atom is -0.497 e. The number of hydrogen-bond donors (Lipinski definition) is 0. The average Bonchev–Trinajstić information content (AvgIpc) is 2.77. The van der Waals surface area contributed by atoms with Gasteiger partial charge in [-0.1, -0.05) is 30.4 Å². The highest BCUT2D eigenvalue weighted by Gasteiger charge is 2.26. The molecule has 0 radical (unpaired) electrons. The maximum absolute atomic E-state index is 5.30. The zero-order valence-corrected chi connectivity index (χ0v) is 17.7. The minimum absolute atomic E-state index is 0.288. The minimum atomic E-state index is 0.288. The lowest BCUT2D eigenvalue weighted by Gasteiger charge is -2.31. The fourth-order valence-corrected chi connectivity index (χ4v) is 4.44. The van der Waals surface area contributed by atoms with Crippen molar-refractivity contribution in [3.05, 3.63) is 58.9 Å². The van der Waals surface area contributed by atoms with E-state index in [2.05, 4.69) is 46.9 Å². The maximum Gasteiger partial charge on any atom is 0.118 e. The Balaban J connectivity index is 1.47. The quantitative estimate of drug-likeness (QED) is 0.742. The van der Waals surface area contributed by atoms with E-state index in [1.54, 1.807) is 7.11 Å². The van der Waals surface area contributed by atoms with Gasteiger partial charge in [-0.3, -0.25) is 4.98 Å². The van der Waals surface area contributed by atoms with E-state index in [4.69, 9.17) is 9.72 Å². The van der Waals surface area contributed by atoms with Crippen LogP contribution in [0.4, 0.5) is 0 Å². The van der Waals surface area contributed by atoms with Gasteiger partial charge in [0.25, 0.3) is 0 Å². The van der Waals surface area contributed by atoms with Crippen molar-refractivity contribution in [2.75, 3.05) is 40.3 Å². The summed E-state index contributed by atoms with van der Waals surface area (Å²) in [7, 11) is 3.88. The molecule has 1 fully saturated rings. The molecular formula is C25H31N3O. The molecule has 0 N–H and O–H groups in total. The molecule has 3 heterocycles. The monoisotopic (exact) mass is 389 g/mol. The van der Waals surface area contributed by atoms with Crippen LogP contribution in [0.1, 0.15) is 54.0 Å². The van der Waals surface area contributed by atoms with Crippen LogP contribution in [0.5, 0.6) is 5.75 Å². The Hall–Kier alpha value is -2.35. The Morgan fingerprint density at radius 3 is 2.69 bits per heavy atom. The number of hydrogen-bond acceptors (Lipinski definition) is 4. The van der Waals surface area contributed by atoms with E-state index in [0.717, 1.165) is 37.4 Å². The van der Waals surface area contributed by atoms with Crippen molar-refractivity contribution in [1.29, 1.82) is 0 Å². The highest BCUT2D eigenvalue weighted by molar-refractivity contribution is 5.43. The number of rotatable bonds is 4. The summed E-state index contributed by atoms with van der Waals surface area (Å²) in [5.41, 5.74) is 4.80. The van der Waals surface area contributed by atoms with Crippen molar-refractivity contribution in [2.45, 2.75) is 38.1 Å². The largest absolute Gasteiger partial charge is 0.497 e. The van der Waals surface area contributed by atoms with Crippen molar-refractivity contribution in [3.63, 3.8) is 0 Å². The number of benzene rings is 1. The molecule has 2 aliphatic rings. The van der Waals surface area contributed by atoms with Crippen molar-refractivity contribution in [2.24, 2.45) is 0 Å². The second-order valence-corrected chi connectivity index (χ2v) is 8.24. The number of aromatic nitrogens is 1. The third kappa shape index (κ3) is 4.98. The van der Waals surface area contributed by atoms with Gasteiger partial charge in [0.05, 0.1) is 12.8 Å². The molecule has 1 aromatic carbocycles. The molecule has 0 aliphatic carbocycles. The van der Waals surface area contributed by atoms with E-state index in [1.165, 1.54) is 49.2 Å². The molecule has 4 nitrogen and oxygen atoms in total. The first kappa shape index (κ1) is 19.9. The van der Waals surface area contributed by atoms with Crippen LogP contribution >= 0.6 is 0 Å². The van der Waals surface area contributed by atoms with Crippen molar-refractivity contribution < 1.29 is 4.74 Å². The number of methoxy groups -OCH3 is 1. The lowest BCUT2D eigenvalue weighted by Crippen LogP contribution is -2.31.